The Hall–Kier alpha value is -4.20. The number of ether oxygens (including phenoxy) is 1. The molecule has 4 aromatic rings. The Balaban J connectivity index is 1.35. The number of hydrogen-bond acceptors (Lipinski definition) is 5. The van der Waals surface area contributed by atoms with Crippen LogP contribution >= 0.6 is 0 Å². The molecule has 2 aromatic carbocycles. The van der Waals surface area contributed by atoms with Crippen LogP contribution in [0.3, 0.4) is 0 Å². The van der Waals surface area contributed by atoms with Gasteiger partial charge in [0, 0.05) is 29.8 Å². The molecule has 2 N–H and O–H groups in total. The van der Waals surface area contributed by atoms with Gasteiger partial charge in [-0.15, -0.1) is 0 Å². The van der Waals surface area contributed by atoms with Gasteiger partial charge in [-0.25, -0.2) is 19.4 Å². The molecule has 2 amide bonds. The zero-order chi connectivity index (χ0) is 22.6. The second kappa shape index (κ2) is 8.89. The molecule has 0 aliphatic heterocycles. The number of carbonyl (C=O) groups excluding carboxylic acids is 1. The van der Waals surface area contributed by atoms with Gasteiger partial charge in [0.25, 0.3) is 0 Å². The van der Waals surface area contributed by atoms with Crippen molar-refractivity contribution < 1.29 is 9.53 Å². The highest BCUT2D eigenvalue weighted by atomic mass is 16.5. The summed E-state index contributed by atoms with van der Waals surface area (Å²) in [6.07, 6.45) is 4.88. The van der Waals surface area contributed by atoms with Crippen molar-refractivity contribution in [2.75, 3.05) is 10.6 Å². The number of urea groups is 1. The highest BCUT2D eigenvalue weighted by molar-refractivity contribution is 5.99. The molecule has 0 spiro atoms. The lowest BCUT2D eigenvalue weighted by atomic mass is 9.87. The summed E-state index contributed by atoms with van der Waals surface area (Å²) in [6.45, 7) is 6.45. The molecule has 0 saturated heterocycles. The molecule has 0 aliphatic rings. The summed E-state index contributed by atoms with van der Waals surface area (Å²) in [5.74, 6) is 1.58. The Bertz CT molecular complexity index is 1180. The zero-order valence-electron chi connectivity index (χ0n) is 18.1. The van der Waals surface area contributed by atoms with Crippen LogP contribution in [0.15, 0.2) is 79.4 Å². The van der Waals surface area contributed by atoms with E-state index in [1.54, 1.807) is 47.4 Å². The van der Waals surface area contributed by atoms with Crippen molar-refractivity contribution in [3.8, 4) is 17.4 Å². The number of rotatable bonds is 5. The number of hydrogen-bond donors (Lipinski definition) is 2. The van der Waals surface area contributed by atoms with Crippen LogP contribution in [-0.2, 0) is 5.41 Å². The highest BCUT2D eigenvalue weighted by Gasteiger charge is 2.13. The van der Waals surface area contributed by atoms with E-state index in [0.717, 1.165) is 5.69 Å². The third-order valence-electron chi connectivity index (χ3n) is 4.71. The molecule has 8 heteroatoms. The first-order valence-corrected chi connectivity index (χ1v) is 10.2. The molecule has 2 aromatic heterocycles. The van der Waals surface area contributed by atoms with Crippen molar-refractivity contribution >= 4 is 17.4 Å². The topological polar surface area (TPSA) is 94.0 Å². The summed E-state index contributed by atoms with van der Waals surface area (Å²) in [5, 5.41) is 9.79. The van der Waals surface area contributed by atoms with Gasteiger partial charge in [0.05, 0.1) is 0 Å². The van der Waals surface area contributed by atoms with Gasteiger partial charge in [-0.2, -0.15) is 5.10 Å². The molecule has 0 bridgehead atoms. The van der Waals surface area contributed by atoms with Crippen LogP contribution in [0.5, 0.6) is 11.6 Å². The van der Waals surface area contributed by atoms with Gasteiger partial charge in [-0.1, -0.05) is 32.9 Å². The number of anilines is 2. The number of nitrogens with one attached hydrogen (secondary N) is 2. The summed E-state index contributed by atoms with van der Waals surface area (Å²) in [5.41, 5.74) is 2.64. The van der Waals surface area contributed by atoms with E-state index in [1.165, 1.54) is 11.9 Å². The summed E-state index contributed by atoms with van der Waals surface area (Å²) in [7, 11) is 0. The van der Waals surface area contributed by atoms with Crippen molar-refractivity contribution in [3.05, 3.63) is 84.9 Å². The van der Waals surface area contributed by atoms with Crippen LogP contribution in [0.25, 0.3) is 5.82 Å². The molecule has 0 aliphatic carbocycles. The van der Waals surface area contributed by atoms with Crippen LogP contribution in [-0.4, -0.2) is 25.8 Å². The second-order valence-electron chi connectivity index (χ2n) is 8.20. The Labute approximate surface area is 186 Å². The first-order chi connectivity index (χ1) is 15.4. The van der Waals surface area contributed by atoms with Crippen molar-refractivity contribution in [3.63, 3.8) is 0 Å². The van der Waals surface area contributed by atoms with E-state index in [0.29, 0.717) is 23.1 Å². The molecule has 0 atom stereocenters. The number of nitrogens with zero attached hydrogens (tertiary/aromatic N) is 4. The van der Waals surface area contributed by atoms with E-state index < -0.39 is 0 Å². The van der Waals surface area contributed by atoms with E-state index in [4.69, 9.17) is 4.74 Å². The largest absolute Gasteiger partial charge is 0.439 e. The van der Waals surface area contributed by atoms with E-state index in [-0.39, 0.29) is 11.4 Å². The lowest BCUT2D eigenvalue weighted by Gasteiger charge is -2.19. The third-order valence-corrected chi connectivity index (χ3v) is 4.71. The molecule has 8 nitrogen and oxygen atoms in total. The zero-order valence-corrected chi connectivity index (χ0v) is 18.1. The van der Waals surface area contributed by atoms with E-state index in [2.05, 4.69) is 46.5 Å². The van der Waals surface area contributed by atoms with E-state index >= 15 is 0 Å². The minimum atomic E-state index is -0.318. The lowest BCUT2D eigenvalue weighted by molar-refractivity contribution is 0.262. The monoisotopic (exact) mass is 428 g/mol. The number of benzene rings is 2. The quantitative estimate of drug-likeness (QED) is 0.444. The van der Waals surface area contributed by atoms with E-state index in [9.17, 15) is 4.79 Å². The fraction of sp³-hybridized carbons (Fsp3) is 0.167. The molecule has 4 rings (SSSR count). The van der Waals surface area contributed by atoms with Crippen LogP contribution in [0.2, 0.25) is 0 Å². The number of aromatic nitrogens is 4. The maximum Gasteiger partial charge on any atom is 0.323 e. The predicted octanol–water partition coefficient (Wildman–Crippen LogP) is 5.40. The Morgan fingerprint density at radius 1 is 0.938 bits per heavy atom. The summed E-state index contributed by atoms with van der Waals surface area (Å²) in [4.78, 5) is 20.6. The second-order valence-corrected chi connectivity index (χ2v) is 8.20. The molecule has 0 fully saturated rings. The van der Waals surface area contributed by atoms with Crippen LogP contribution in [0, 0.1) is 0 Å². The smallest absolute Gasteiger partial charge is 0.323 e. The molecular weight excluding hydrogens is 404 g/mol. The van der Waals surface area contributed by atoms with Crippen LogP contribution in [0.1, 0.15) is 26.3 Å². The van der Waals surface area contributed by atoms with Gasteiger partial charge in [-0.05, 0) is 53.4 Å². The molecular formula is C24H24N6O2. The van der Waals surface area contributed by atoms with Gasteiger partial charge in [0.15, 0.2) is 5.82 Å². The van der Waals surface area contributed by atoms with Gasteiger partial charge in [0.1, 0.15) is 12.1 Å². The summed E-state index contributed by atoms with van der Waals surface area (Å²) in [6, 6.07) is 18.0. The minimum Gasteiger partial charge on any atom is -0.439 e. The highest BCUT2D eigenvalue weighted by Crippen LogP contribution is 2.24. The summed E-state index contributed by atoms with van der Waals surface area (Å²) >= 11 is 0. The Kier molecular flexibility index (Phi) is 5.85. The number of carbonyl (C=O) groups is 1. The molecule has 0 unspecified atom stereocenters. The van der Waals surface area contributed by atoms with Crippen LogP contribution < -0.4 is 15.4 Å². The Morgan fingerprint density at radius 3 is 2.19 bits per heavy atom. The average Bonchev–Trinajstić information content (AvgIpc) is 3.30. The lowest BCUT2D eigenvalue weighted by Crippen LogP contribution is -2.19. The molecule has 2 heterocycles. The minimum absolute atomic E-state index is 0.0666. The summed E-state index contributed by atoms with van der Waals surface area (Å²) < 4.78 is 7.41. The molecule has 32 heavy (non-hydrogen) atoms. The fourth-order valence-corrected chi connectivity index (χ4v) is 2.99. The first-order valence-electron chi connectivity index (χ1n) is 10.2. The van der Waals surface area contributed by atoms with Gasteiger partial charge in [-0.3, -0.25) is 0 Å². The maximum absolute atomic E-state index is 12.3. The Morgan fingerprint density at radius 2 is 1.59 bits per heavy atom. The first kappa shape index (κ1) is 21.0. The van der Waals surface area contributed by atoms with Crippen molar-refractivity contribution in [2.24, 2.45) is 0 Å². The van der Waals surface area contributed by atoms with Gasteiger partial charge < -0.3 is 15.4 Å². The average molecular weight is 428 g/mol. The normalized spacial score (nSPS) is 11.1. The molecule has 0 saturated carbocycles. The van der Waals surface area contributed by atoms with Gasteiger partial charge in [0.2, 0.25) is 5.88 Å². The van der Waals surface area contributed by atoms with Gasteiger partial charge >= 0.3 is 6.03 Å². The van der Waals surface area contributed by atoms with E-state index in [1.807, 2.05) is 30.3 Å². The molecule has 162 valence electrons. The SMILES string of the molecule is CC(C)(C)c1ccc(NC(=O)Nc2ccc(Oc3cc(-n4cccn4)ncn3)cc2)cc1. The third kappa shape index (κ3) is 5.28. The number of amides is 2. The predicted molar refractivity (Wildman–Crippen MR) is 123 cm³/mol. The maximum atomic E-state index is 12.3. The van der Waals surface area contributed by atoms with Crippen LogP contribution in [0.4, 0.5) is 16.2 Å². The van der Waals surface area contributed by atoms with Crippen molar-refractivity contribution in [1.82, 2.24) is 19.7 Å². The van der Waals surface area contributed by atoms with Crippen molar-refractivity contribution in [2.45, 2.75) is 26.2 Å². The fourth-order valence-electron chi connectivity index (χ4n) is 2.99. The van der Waals surface area contributed by atoms with Crippen molar-refractivity contribution in [1.29, 1.82) is 0 Å². The standard InChI is InChI=1S/C24H24N6O2/c1-24(2,3)17-5-7-18(8-6-17)28-23(31)29-19-9-11-20(12-10-19)32-22-15-21(25-16-26-22)30-14-4-13-27-30/h4-16H,1-3H3,(H2,28,29,31). The molecule has 0 radical (unpaired) electrons.